The summed E-state index contributed by atoms with van der Waals surface area (Å²) in [6, 6.07) is 16.1. The summed E-state index contributed by atoms with van der Waals surface area (Å²) in [7, 11) is 0. The molecule has 8 heteroatoms. The maximum atomic E-state index is 12.4. The van der Waals surface area contributed by atoms with Gasteiger partial charge in [0.2, 0.25) is 11.8 Å². The maximum absolute atomic E-state index is 12.4. The Kier molecular flexibility index (Phi) is 5.33. The molecule has 132 valence electrons. The molecule has 2 aromatic carbocycles. The number of nitrogens with one attached hydrogen (secondary N) is 1. The molecular formula is C18H17N5O2S. The van der Waals surface area contributed by atoms with Crippen molar-refractivity contribution in [2.75, 3.05) is 5.32 Å². The van der Waals surface area contributed by atoms with Crippen LogP contribution in [-0.2, 0) is 4.79 Å². The summed E-state index contributed by atoms with van der Waals surface area (Å²) in [5, 5.41) is 11.1. The molecule has 3 aromatic rings. The number of aromatic nitrogens is 3. The average Bonchev–Trinajstić information content (AvgIpc) is 3.11. The first kappa shape index (κ1) is 17.7. The lowest BCUT2D eigenvalue weighted by Crippen LogP contribution is -2.23. The molecule has 26 heavy (non-hydrogen) atoms. The highest BCUT2D eigenvalue weighted by atomic mass is 32.2. The van der Waals surface area contributed by atoms with E-state index in [0.717, 1.165) is 5.69 Å². The summed E-state index contributed by atoms with van der Waals surface area (Å²) >= 11 is 1.31. The molecule has 1 atom stereocenters. The van der Waals surface area contributed by atoms with Gasteiger partial charge in [-0.15, -0.1) is 10.2 Å². The number of anilines is 1. The van der Waals surface area contributed by atoms with Crippen molar-refractivity contribution in [3.05, 3.63) is 66.5 Å². The number of rotatable bonds is 6. The fourth-order valence-corrected chi connectivity index (χ4v) is 3.09. The Morgan fingerprint density at radius 3 is 2.46 bits per heavy atom. The SMILES string of the molecule is C[C@@H](Sc1nncn1-c1ccccc1)C(=O)Nc1ccc(C(N)=O)cc1. The van der Waals surface area contributed by atoms with Gasteiger partial charge in [0.1, 0.15) is 6.33 Å². The van der Waals surface area contributed by atoms with Crippen LogP contribution in [0.4, 0.5) is 5.69 Å². The zero-order valence-corrected chi connectivity index (χ0v) is 14.8. The number of hydrogen-bond acceptors (Lipinski definition) is 5. The molecular weight excluding hydrogens is 350 g/mol. The topological polar surface area (TPSA) is 103 Å². The number of amides is 2. The van der Waals surface area contributed by atoms with Gasteiger partial charge in [0.15, 0.2) is 5.16 Å². The third-order valence-electron chi connectivity index (χ3n) is 3.64. The molecule has 0 unspecified atom stereocenters. The van der Waals surface area contributed by atoms with Gasteiger partial charge >= 0.3 is 0 Å². The van der Waals surface area contributed by atoms with Crippen LogP contribution in [0.15, 0.2) is 66.1 Å². The molecule has 0 aliphatic heterocycles. The molecule has 1 aromatic heterocycles. The third-order valence-corrected chi connectivity index (χ3v) is 4.70. The maximum Gasteiger partial charge on any atom is 0.248 e. The lowest BCUT2D eigenvalue weighted by molar-refractivity contribution is -0.115. The summed E-state index contributed by atoms with van der Waals surface area (Å²) in [4.78, 5) is 23.5. The van der Waals surface area contributed by atoms with Crippen LogP contribution in [0.25, 0.3) is 5.69 Å². The minimum Gasteiger partial charge on any atom is -0.366 e. The zero-order chi connectivity index (χ0) is 18.5. The van der Waals surface area contributed by atoms with Crippen molar-refractivity contribution in [1.29, 1.82) is 0 Å². The van der Waals surface area contributed by atoms with Gasteiger partial charge in [-0.2, -0.15) is 0 Å². The molecule has 0 saturated carbocycles. The second-order valence-electron chi connectivity index (χ2n) is 5.51. The molecule has 7 nitrogen and oxygen atoms in total. The van der Waals surface area contributed by atoms with Crippen LogP contribution in [0, 0.1) is 0 Å². The number of hydrogen-bond donors (Lipinski definition) is 2. The van der Waals surface area contributed by atoms with Crippen LogP contribution in [0.1, 0.15) is 17.3 Å². The lowest BCUT2D eigenvalue weighted by atomic mass is 10.2. The summed E-state index contributed by atoms with van der Waals surface area (Å²) in [5.41, 5.74) is 7.12. The standard InChI is InChI=1S/C18H17N5O2S/c1-12(17(25)21-14-9-7-13(8-10-14)16(19)24)26-18-22-20-11-23(18)15-5-3-2-4-6-15/h2-12H,1H3,(H2,19,24)(H,21,25)/t12-/m1/s1. The quantitative estimate of drug-likeness (QED) is 0.652. The molecule has 2 amide bonds. The van der Waals surface area contributed by atoms with Crippen LogP contribution in [0.3, 0.4) is 0 Å². The van der Waals surface area contributed by atoms with Gasteiger partial charge in [0, 0.05) is 16.9 Å². The predicted octanol–water partition coefficient (Wildman–Crippen LogP) is 2.49. The van der Waals surface area contributed by atoms with E-state index in [1.807, 2.05) is 34.9 Å². The van der Waals surface area contributed by atoms with Gasteiger partial charge < -0.3 is 11.1 Å². The van der Waals surface area contributed by atoms with Crippen LogP contribution >= 0.6 is 11.8 Å². The van der Waals surface area contributed by atoms with Crippen LogP contribution in [0.5, 0.6) is 0 Å². The monoisotopic (exact) mass is 367 g/mol. The first-order valence-corrected chi connectivity index (χ1v) is 8.75. The fraction of sp³-hybridized carbons (Fsp3) is 0.111. The second kappa shape index (κ2) is 7.83. The highest BCUT2D eigenvalue weighted by Crippen LogP contribution is 2.24. The molecule has 0 saturated heterocycles. The number of nitrogens with two attached hydrogens (primary N) is 1. The van der Waals surface area contributed by atoms with Gasteiger partial charge in [-0.25, -0.2) is 0 Å². The van der Waals surface area contributed by atoms with Crippen molar-refractivity contribution in [3.63, 3.8) is 0 Å². The number of carbonyl (C=O) groups is 2. The first-order valence-electron chi connectivity index (χ1n) is 7.87. The summed E-state index contributed by atoms with van der Waals surface area (Å²) < 4.78 is 1.83. The van der Waals surface area contributed by atoms with Crippen molar-refractivity contribution in [2.24, 2.45) is 5.73 Å². The predicted molar refractivity (Wildman–Crippen MR) is 100 cm³/mol. The third kappa shape index (κ3) is 4.09. The van der Waals surface area contributed by atoms with E-state index in [2.05, 4.69) is 15.5 Å². The minimum atomic E-state index is -0.507. The van der Waals surface area contributed by atoms with E-state index in [4.69, 9.17) is 5.73 Å². The van der Waals surface area contributed by atoms with E-state index in [0.29, 0.717) is 16.4 Å². The summed E-state index contributed by atoms with van der Waals surface area (Å²) in [6.07, 6.45) is 1.62. The number of nitrogens with zero attached hydrogens (tertiary/aromatic N) is 3. The van der Waals surface area contributed by atoms with Crippen LogP contribution in [0.2, 0.25) is 0 Å². The van der Waals surface area contributed by atoms with Gasteiger partial charge in [-0.1, -0.05) is 30.0 Å². The highest BCUT2D eigenvalue weighted by molar-refractivity contribution is 8.00. The summed E-state index contributed by atoms with van der Waals surface area (Å²) in [5.74, 6) is -0.684. The zero-order valence-electron chi connectivity index (χ0n) is 14.0. The number of para-hydroxylation sites is 1. The van der Waals surface area contributed by atoms with Crippen molar-refractivity contribution >= 4 is 29.3 Å². The Hall–Kier alpha value is -3.13. The van der Waals surface area contributed by atoms with E-state index in [9.17, 15) is 9.59 Å². The number of thioether (sulfide) groups is 1. The van der Waals surface area contributed by atoms with E-state index < -0.39 is 11.2 Å². The molecule has 0 aliphatic rings. The second-order valence-corrected chi connectivity index (χ2v) is 6.82. The van der Waals surface area contributed by atoms with Crippen molar-refractivity contribution < 1.29 is 9.59 Å². The van der Waals surface area contributed by atoms with Crippen molar-refractivity contribution in [1.82, 2.24) is 14.8 Å². The van der Waals surface area contributed by atoms with Gasteiger partial charge in [0.25, 0.3) is 0 Å². The minimum absolute atomic E-state index is 0.176. The average molecular weight is 367 g/mol. The molecule has 1 heterocycles. The molecule has 0 fully saturated rings. The van der Waals surface area contributed by atoms with Crippen molar-refractivity contribution in [2.45, 2.75) is 17.3 Å². The smallest absolute Gasteiger partial charge is 0.248 e. The van der Waals surface area contributed by atoms with Crippen LogP contribution < -0.4 is 11.1 Å². The molecule has 0 radical (unpaired) electrons. The first-order chi connectivity index (χ1) is 12.5. The highest BCUT2D eigenvalue weighted by Gasteiger charge is 2.18. The Morgan fingerprint density at radius 1 is 1.12 bits per heavy atom. The number of primary amides is 1. The molecule has 3 rings (SSSR count). The van der Waals surface area contributed by atoms with E-state index >= 15 is 0 Å². The molecule has 0 spiro atoms. The van der Waals surface area contributed by atoms with E-state index in [1.165, 1.54) is 11.8 Å². The van der Waals surface area contributed by atoms with Crippen molar-refractivity contribution in [3.8, 4) is 5.69 Å². The normalized spacial score (nSPS) is 11.7. The molecule has 0 bridgehead atoms. The molecule has 3 N–H and O–H groups in total. The van der Waals surface area contributed by atoms with E-state index in [-0.39, 0.29) is 5.91 Å². The Labute approximate surface area is 154 Å². The van der Waals surface area contributed by atoms with Crippen LogP contribution in [-0.4, -0.2) is 31.8 Å². The Balaban J connectivity index is 1.67. The Morgan fingerprint density at radius 2 is 1.81 bits per heavy atom. The van der Waals surface area contributed by atoms with Gasteiger partial charge in [-0.3, -0.25) is 14.2 Å². The van der Waals surface area contributed by atoms with Gasteiger partial charge in [-0.05, 0) is 43.3 Å². The number of carbonyl (C=O) groups excluding carboxylic acids is 2. The van der Waals surface area contributed by atoms with Gasteiger partial charge in [0.05, 0.1) is 5.25 Å². The lowest BCUT2D eigenvalue weighted by Gasteiger charge is -2.12. The summed E-state index contributed by atoms with van der Waals surface area (Å²) in [6.45, 7) is 1.79. The number of benzene rings is 2. The largest absolute Gasteiger partial charge is 0.366 e. The molecule has 0 aliphatic carbocycles. The Bertz CT molecular complexity index is 909. The van der Waals surface area contributed by atoms with E-state index in [1.54, 1.807) is 37.5 Å². The fourth-order valence-electron chi connectivity index (χ4n) is 2.24.